The molecule has 0 spiro atoms. The van der Waals surface area contributed by atoms with Crippen LogP contribution in [0.1, 0.15) is 31.5 Å². The van der Waals surface area contributed by atoms with E-state index in [2.05, 4.69) is 14.9 Å². The average Bonchev–Trinajstić information content (AvgIpc) is 3.43. The summed E-state index contributed by atoms with van der Waals surface area (Å²) in [5.41, 5.74) is 0.746. The van der Waals surface area contributed by atoms with E-state index in [-0.39, 0.29) is 23.8 Å². The molecule has 1 amide bonds. The van der Waals surface area contributed by atoms with Crippen molar-refractivity contribution in [3.63, 3.8) is 0 Å². The summed E-state index contributed by atoms with van der Waals surface area (Å²) < 4.78 is 41.8. The molecule has 2 aromatic heterocycles. The highest BCUT2D eigenvalue weighted by Gasteiger charge is 2.30. The van der Waals surface area contributed by atoms with Gasteiger partial charge in [-0.15, -0.1) is 11.6 Å². The lowest BCUT2D eigenvalue weighted by molar-refractivity contribution is -0.129. The van der Waals surface area contributed by atoms with Crippen molar-refractivity contribution in [2.75, 3.05) is 89.4 Å². The Bertz CT molecular complexity index is 1400. The molecule has 0 radical (unpaired) electrons. The molecule has 2 aliphatic heterocycles. The predicted octanol–water partition coefficient (Wildman–Crippen LogP) is 2.98. The molecule has 15 heteroatoms. The van der Waals surface area contributed by atoms with Gasteiger partial charge in [-0.25, -0.2) is 13.8 Å². The number of nitrogens with zero attached hydrogens (tertiary/aromatic N) is 9. The lowest BCUT2D eigenvalue weighted by Crippen LogP contribution is -2.46. The molecule has 2 aliphatic rings. The van der Waals surface area contributed by atoms with Crippen LogP contribution in [0.15, 0.2) is 18.2 Å². The van der Waals surface area contributed by atoms with Crippen LogP contribution >= 0.6 is 11.6 Å². The molecule has 5 rings (SSSR count). The number of halogens is 3. The number of hydrogen-bond acceptors (Lipinski definition) is 10. The van der Waals surface area contributed by atoms with E-state index >= 15 is 0 Å². The smallest absolute Gasteiger partial charge is 0.296 e. The Labute approximate surface area is 254 Å². The fourth-order valence-electron chi connectivity index (χ4n) is 5.37. The monoisotopic (exact) mass is 621 g/mol. The number of alkyl halides is 3. The minimum Gasteiger partial charge on any atom is -0.491 e. The van der Waals surface area contributed by atoms with Gasteiger partial charge in [-0.1, -0.05) is 6.07 Å². The van der Waals surface area contributed by atoms with Gasteiger partial charge in [0.2, 0.25) is 23.8 Å². The molecule has 1 aromatic carbocycles. The molecule has 0 saturated carbocycles. The van der Waals surface area contributed by atoms with E-state index in [9.17, 15) is 13.6 Å². The summed E-state index contributed by atoms with van der Waals surface area (Å²) in [6.07, 6.45) is -0.722. The second-order valence-corrected chi connectivity index (χ2v) is 11.2. The molecule has 43 heavy (non-hydrogen) atoms. The molecule has 2 saturated heterocycles. The number of amides is 1. The van der Waals surface area contributed by atoms with Crippen molar-refractivity contribution in [1.82, 2.24) is 34.3 Å². The Hall–Kier alpha value is -3.36. The lowest BCUT2D eigenvalue weighted by Gasteiger charge is -2.37. The number of imidazole rings is 1. The number of benzene rings is 1. The molecule has 234 valence electrons. The molecule has 0 N–H and O–H groups in total. The van der Waals surface area contributed by atoms with E-state index < -0.39 is 12.2 Å². The second-order valence-electron chi connectivity index (χ2n) is 10.9. The van der Waals surface area contributed by atoms with Gasteiger partial charge in [-0.3, -0.25) is 9.36 Å². The largest absolute Gasteiger partial charge is 0.491 e. The summed E-state index contributed by atoms with van der Waals surface area (Å²) in [6, 6.07) is 5.25. The average molecular weight is 622 g/mol. The molecule has 4 heterocycles. The molecule has 2 fully saturated rings. The Morgan fingerprint density at radius 3 is 2.30 bits per heavy atom. The first-order valence-corrected chi connectivity index (χ1v) is 15.0. The van der Waals surface area contributed by atoms with E-state index in [0.29, 0.717) is 87.5 Å². The number of rotatable bonds is 11. The van der Waals surface area contributed by atoms with Crippen molar-refractivity contribution in [3.8, 4) is 11.7 Å². The molecule has 0 aliphatic carbocycles. The van der Waals surface area contributed by atoms with Crippen molar-refractivity contribution >= 4 is 40.4 Å². The van der Waals surface area contributed by atoms with Gasteiger partial charge in [0.05, 0.1) is 25.3 Å². The molecule has 3 aromatic rings. The zero-order valence-electron chi connectivity index (χ0n) is 24.8. The maximum Gasteiger partial charge on any atom is 0.296 e. The topological polar surface area (TPSA) is 105 Å². The molecule has 0 atom stereocenters. The van der Waals surface area contributed by atoms with E-state index in [4.69, 9.17) is 31.0 Å². The van der Waals surface area contributed by atoms with E-state index in [0.717, 1.165) is 13.0 Å². The van der Waals surface area contributed by atoms with Crippen molar-refractivity contribution in [2.45, 2.75) is 31.7 Å². The van der Waals surface area contributed by atoms with Crippen LogP contribution in [0.2, 0.25) is 0 Å². The fourth-order valence-corrected chi connectivity index (χ4v) is 5.56. The predicted molar refractivity (Wildman–Crippen MR) is 160 cm³/mol. The number of hydrogen-bond donors (Lipinski definition) is 0. The molecular weight excluding hydrogens is 584 g/mol. The number of ether oxygens (including phenoxy) is 2. The fraction of sp³-hybridized carbons (Fsp3) is 0.607. The van der Waals surface area contributed by atoms with Gasteiger partial charge in [-0.05, 0) is 45.5 Å². The van der Waals surface area contributed by atoms with Gasteiger partial charge in [0.25, 0.3) is 6.43 Å². The summed E-state index contributed by atoms with van der Waals surface area (Å²) in [4.78, 5) is 38.3. The lowest BCUT2D eigenvalue weighted by atomic mass is 10.0. The highest BCUT2D eigenvalue weighted by Crippen LogP contribution is 2.33. The van der Waals surface area contributed by atoms with Crippen molar-refractivity contribution in [2.24, 2.45) is 0 Å². The first kappa shape index (κ1) is 31.1. The number of fused-ring (bicyclic) bond motifs is 1. The molecule has 12 nitrogen and oxygen atoms in total. The molecular formula is C28H38ClF2N9O3. The Kier molecular flexibility index (Phi) is 10.1. The van der Waals surface area contributed by atoms with Crippen LogP contribution in [0.5, 0.6) is 5.75 Å². The maximum absolute atomic E-state index is 14.5. The van der Waals surface area contributed by atoms with E-state index in [1.807, 2.05) is 23.9 Å². The Morgan fingerprint density at radius 2 is 1.67 bits per heavy atom. The van der Waals surface area contributed by atoms with Gasteiger partial charge >= 0.3 is 0 Å². The number of para-hydroxylation sites is 1. The minimum absolute atomic E-state index is 0.0432. The van der Waals surface area contributed by atoms with Crippen molar-refractivity contribution in [1.29, 1.82) is 0 Å². The highest BCUT2D eigenvalue weighted by atomic mass is 35.5. The summed E-state index contributed by atoms with van der Waals surface area (Å²) in [6.45, 7) is 4.55. The van der Waals surface area contributed by atoms with Crippen LogP contribution in [-0.2, 0) is 9.53 Å². The third-order valence-electron chi connectivity index (χ3n) is 7.77. The number of carbonyl (C=O) groups excluding carboxylic acids is 1. The number of anilines is 2. The third-order valence-corrected chi connectivity index (χ3v) is 8.00. The Morgan fingerprint density at radius 1 is 1.02 bits per heavy atom. The first-order chi connectivity index (χ1) is 20.8. The number of aromatic nitrogens is 5. The van der Waals surface area contributed by atoms with Crippen LogP contribution in [0.25, 0.3) is 17.0 Å². The quantitative estimate of drug-likeness (QED) is 0.234. The van der Waals surface area contributed by atoms with Crippen LogP contribution in [0, 0.1) is 0 Å². The number of piperidine rings is 1. The van der Waals surface area contributed by atoms with Crippen LogP contribution in [0.3, 0.4) is 0 Å². The van der Waals surface area contributed by atoms with Gasteiger partial charge in [0, 0.05) is 45.8 Å². The summed E-state index contributed by atoms with van der Waals surface area (Å²) >= 11 is 5.76. The maximum atomic E-state index is 14.5. The SMILES string of the molecule is CN(C)CCCOc1cccc2c1nc(C(F)F)n2-c1nc(N2CCOCC2)nc(N2CCC(N(C)C(=O)CCl)CC2)n1. The van der Waals surface area contributed by atoms with Crippen LogP contribution < -0.4 is 14.5 Å². The zero-order chi connectivity index (χ0) is 30.5. The van der Waals surface area contributed by atoms with Gasteiger partial charge in [0.15, 0.2) is 5.82 Å². The number of morpholine rings is 1. The first-order valence-electron chi connectivity index (χ1n) is 14.5. The zero-order valence-corrected chi connectivity index (χ0v) is 25.5. The highest BCUT2D eigenvalue weighted by molar-refractivity contribution is 6.27. The van der Waals surface area contributed by atoms with Crippen molar-refractivity contribution < 1.29 is 23.0 Å². The number of carbonyl (C=O) groups is 1. The van der Waals surface area contributed by atoms with Crippen LogP contribution in [-0.4, -0.2) is 126 Å². The van der Waals surface area contributed by atoms with E-state index in [1.54, 1.807) is 30.1 Å². The van der Waals surface area contributed by atoms with Gasteiger partial charge in [0.1, 0.15) is 17.1 Å². The van der Waals surface area contributed by atoms with Gasteiger partial charge < -0.3 is 29.1 Å². The Balaban J connectivity index is 1.52. The third kappa shape index (κ3) is 7.07. The summed E-state index contributed by atoms with van der Waals surface area (Å²) in [5, 5.41) is 0. The minimum atomic E-state index is -2.88. The standard InChI is InChI=1S/C28H38ClF2N9O3/c1-36(2)10-5-15-43-21-7-4-6-20-23(21)32-25(24(30)31)40(20)28-34-26(33-27(35-28)39-13-16-42-17-14-39)38-11-8-19(9-12-38)37(3)22(41)18-29/h4,6-7,19,24H,5,8-18H2,1-3H3. The normalized spacial score (nSPS) is 16.5. The summed E-state index contributed by atoms with van der Waals surface area (Å²) in [5.74, 6) is 0.606. The molecule has 0 bridgehead atoms. The van der Waals surface area contributed by atoms with Gasteiger partial charge in [-0.2, -0.15) is 15.0 Å². The van der Waals surface area contributed by atoms with Crippen LogP contribution in [0.4, 0.5) is 20.7 Å². The van der Waals surface area contributed by atoms with Crippen molar-refractivity contribution in [3.05, 3.63) is 24.0 Å². The second kappa shape index (κ2) is 14.0. The van der Waals surface area contributed by atoms with E-state index in [1.165, 1.54) is 4.57 Å². The molecule has 0 unspecified atom stereocenters. The summed E-state index contributed by atoms with van der Waals surface area (Å²) in [7, 11) is 5.72.